The van der Waals surface area contributed by atoms with E-state index < -0.39 is 0 Å². The number of rotatable bonds is 5. The van der Waals surface area contributed by atoms with Crippen molar-refractivity contribution in [3.8, 4) is 0 Å². The number of aromatic nitrogens is 2. The largest absolute Gasteiger partial charge is 0.320 e. The van der Waals surface area contributed by atoms with Gasteiger partial charge in [-0.2, -0.15) is 5.10 Å². The van der Waals surface area contributed by atoms with Crippen LogP contribution in [0, 0.1) is 0 Å². The summed E-state index contributed by atoms with van der Waals surface area (Å²) in [5.74, 6) is -0.186. The van der Waals surface area contributed by atoms with Crippen LogP contribution in [-0.4, -0.2) is 22.6 Å². The highest BCUT2D eigenvalue weighted by atomic mass is 16.1. The molecular formula is C14H18N4O. The van der Waals surface area contributed by atoms with Crippen LogP contribution in [0.3, 0.4) is 0 Å². The zero-order valence-electron chi connectivity index (χ0n) is 11.1. The fourth-order valence-corrected chi connectivity index (χ4v) is 1.98. The van der Waals surface area contributed by atoms with Gasteiger partial charge in [-0.1, -0.05) is 25.1 Å². The molecule has 0 aliphatic heterocycles. The first kappa shape index (κ1) is 13.3. The number of nitrogens with zero attached hydrogens (tertiary/aromatic N) is 1. The summed E-state index contributed by atoms with van der Waals surface area (Å²) in [6, 6.07) is 9.61. The topological polar surface area (TPSA) is 69.8 Å². The second-order valence-electron chi connectivity index (χ2n) is 4.29. The standard InChI is InChI=1S/C14H18N4O/c1-3-15-10(2)11-6-4-5-7-12(11)17-14(19)13-8-9-16-18-13/h4-10,15H,3H2,1-2H3,(H,16,18)(H,17,19). The predicted molar refractivity (Wildman–Crippen MR) is 75.1 cm³/mol. The van der Waals surface area contributed by atoms with E-state index in [0.29, 0.717) is 5.69 Å². The normalized spacial score (nSPS) is 12.1. The van der Waals surface area contributed by atoms with Gasteiger partial charge < -0.3 is 10.6 Å². The van der Waals surface area contributed by atoms with Gasteiger partial charge in [-0.25, -0.2) is 0 Å². The fraction of sp³-hybridized carbons (Fsp3) is 0.286. The van der Waals surface area contributed by atoms with Gasteiger partial charge in [0.1, 0.15) is 5.69 Å². The summed E-state index contributed by atoms with van der Waals surface area (Å²) in [5.41, 5.74) is 2.33. The molecule has 3 N–H and O–H groups in total. The fourth-order valence-electron chi connectivity index (χ4n) is 1.98. The Hall–Kier alpha value is -2.14. The minimum atomic E-state index is -0.186. The number of H-pyrrole nitrogens is 1. The average molecular weight is 258 g/mol. The Morgan fingerprint density at radius 2 is 2.16 bits per heavy atom. The van der Waals surface area contributed by atoms with Crippen molar-refractivity contribution in [2.75, 3.05) is 11.9 Å². The van der Waals surface area contributed by atoms with Crippen LogP contribution >= 0.6 is 0 Å². The summed E-state index contributed by atoms with van der Waals surface area (Å²) in [6.45, 7) is 5.01. The van der Waals surface area contributed by atoms with Crippen molar-refractivity contribution in [1.82, 2.24) is 15.5 Å². The third-order valence-electron chi connectivity index (χ3n) is 2.93. The van der Waals surface area contributed by atoms with E-state index in [1.54, 1.807) is 12.3 Å². The molecule has 2 aromatic rings. The molecule has 0 radical (unpaired) electrons. The predicted octanol–water partition coefficient (Wildman–Crippen LogP) is 2.33. The summed E-state index contributed by atoms with van der Waals surface area (Å²) in [6.07, 6.45) is 1.56. The second kappa shape index (κ2) is 6.15. The van der Waals surface area contributed by atoms with E-state index in [9.17, 15) is 4.79 Å². The molecule has 0 spiro atoms. The molecule has 100 valence electrons. The molecule has 5 heteroatoms. The van der Waals surface area contributed by atoms with Crippen molar-refractivity contribution >= 4 is 11.6 Å². The molecule has 0 saturated carbocycles. The lowest BCUT2D eigenvalue weighted by Crippen LogP contribution is -2.20. The SMILES string of the molecule is CCNC(C)c1ccccc1NC(=O)c1ccn[nH]1. The summed E-state index contributed by atoms with van der Waals surface area (Å²) in [5, 5.41) is 12.7. The Kier molecular flexibility index (Phi) is 4.30. The summed E-state index contributed by atoms with van der Waals surface area (Å²) in [4.78, 5) is 12.0. The van der Waals surface area contributed by atoms with Crippen molar-refractivity contribution in [3.63, 3.8) is 0 Å². The van der Waals surface area contributed by atoms with Gasteiger partial charge in [-0.15, -0.1) is 0 Å². The van der Waals surface area contributed by atoms with Crippen LogP contribution in [0.5, 0.6) is 0 Å². The van der Waals surface area contributed by atoms with Crippen molar-refractivity contribution in [3.05, 3.63) is 47.8 Å². The van der Waals surface area contributed by atoms with Crippen LogP contribution in [0.2, 0.25) is 0 Å². The number of aromatic amines is 1. The lowest BCUT2D eigenvalue weighted by molar-refractivity contribution is 0.102. The number of benzene rings is 1. The van der Waals surface area contributed by atoms with Gasteiger partial charge >= 0.3 is 0 Å². The second-order valence-corrected chi connectivity index (χ2v) is 4.29. The van der Waals surface area contributed by atoms with Gasteiger partial charge in [0.2, 0.25) is 0 Å². The van der Waals surface area contributed by atoms with Crippen molar-refractivity contribution in [1.29, 1.82) is 0 Å². The number of carbonyl (C=O) groups is 1. The maximum Gasteiger partial charge on any atom is 0.273 e. The minimum Gasteiger partial charge on any atom is -0.320 e. The Labute approximate surface area is 112 Å². The van der Waals surface area contributed by atoms with E-state index in [2.05, 4.69) is 34.7 Å². The van der Waals surface area contributed by atoms with E-state index in [-0.39, 0.29) is 11.9 Å². The monoisotopic (exact) mass is 258 g/mol. The first-order valence-electron chi connectivity index (χ1n) is 6.35. The van der Waals surface area contributed by atoms with Crippen molar-refractivity contribution in [2.45, 2.75) is 19.9 Å². The molecule has 1 heterocycles. The Bertz CT molecular complexity index is 536. The molecule has 1 unspecified atom stereocenters. The first-order valence-corrected chi connectivity index (χ1v) is 6.35. The minimum absolute atomic E-state index is 0.184. The Balaban J connectivity index is 2.18. The van der Waals surface area contributed by atoms with Crippen molar-refractivity contribution in [2.24, 2.45) is 0 Å². The first-order chi connectivity index (χ1) is 9.22. The van der Waals surface area contributed by atoms with Crippen molar-refractivity contribution < 1.29 is 4.79 Å². The molecule has 0 aliphatic carbocycles. The summed E-state index contributed by atoms with van der Waals surface area (Å²) >= 11 is 0. The lowest BCUT2D eigenvalue weighted by Gasteiger charge is -2.17. The zero-order valence-corrected chi connectivity index (χ0v) is 11.1. The zero-order chi connectivity index (χ0) is 13.7. The number of anilines is 1. The van der Waals surface area contributed by atoms with Gasteiger partial charge in [-0.05, 0) is 31.2 Å². The number of para-hydroxylation sites is 1. The molecule has 1 amide bonds. The van der Waals surface area contributed by atoms with Crippen LogP contribution in [0.15, 0.2) is 36.5 Å². The molecule has 1 aromatic carbocycles. The van der Waals surface area contributed by atoms with Crippen LogP contribution in [0.1, 0.15) is 35.9 Å². The van der Waals surface area contributed by atoms with Crippen LogP contribution in [0.25, 0.3) is 0 Å². The highest BCUT2D eigenvalue weighted by molar-refractivity contribution is 6.03. The molecule has 1 aromatic heterocycles. The maximum absolute atomic E-state index is 12.0. The summed E-state index contributed by atoms with van der Waals surface area (Å²) in [7, 11) is 0. The van der Waals surface area contributed by atoms with Gasteiger partial charge in [-0.3, -0.25) is 9.89 Å². The van der Waals surface area contributed by atoms with Gasteiger partial charge in [0.15, 0.2) is 0 Å². The number of amides is 1. The number of nitrogens with one attached hydrogen (secondary N) is 3. The van der Waals surface area contributed by atoms with Gasteiger partial charge in [0, 0.05) is 17.9 Å². The van der Waals surface area contributed by atoms with E-state index >= 15 is 0 Å². The van der Waals surface area contributed by atoms with E-state index in [1.807, 2.05) is 24.3 Å². The average Bonchev–Trinajstić information content (AvgIpc) is 2.93. The van der Waals surface area contributed by atoms with Crippen LogP contribution < -0.4 is 10.6 Å². The molecule has 0 saturated heterocycles. The molecule has 1 atom stereocenters. The Morgan fingerprint density at radius 1 is 1.37 bits per heavy atom. The van der Waals surface area contributed by atoms with E-state index in [4.69, 9.17) is 0 Å². The number of hydrogen-bond acceptors (Lipinski definition) is 3. The number of carbonyl (C=O) groups excluding carboxylic acids is 1. The molecule has 0 fully saturated rings. The molecular weight excluding hydrogens is 240 g/mol. The maximum atomic E-state index is 12.0. The Morgan fingerprint density at radius 3 is 2.84 bits per heavy atom. The lowest BCUT2D eigenvalue weighted by atomic mass is 10.1. The quantitative estimate of drug-likeness (QED) is 0.771. The van der Waals surface area contributed by atoms with Crippen LogP contribution in [-0.2, 0) is 0 Å². The molecule has 0 bridgehead atoms. The van der Waals surface area contributed by atoms with E-state index in [0.717, 1.165) is 17.8 Å². The van der Waals surface area contributed by atoms with E-state index in [1.165, 1.54) is 0 Å². The highest BCUT2D eigenvalue weighted by Crippen LogP contribution is 2.22. The van der Waals surface area contributed by atoms with Gasteiger partial charge in [0.25, 0.3) is 5.91 Å². The van der Waals surface area contributed by atoms with Crippen LogP contribution in [0.4, 0.5) is 5.69 Å². The third kappa shape index (κ3) is 3.20. The smallest absolute Gasteiger partial charge is 0.273 e. The van der Waals surface area contributed by atoms with Gasteiger partial charge in [0.05, 0.1) is 0 Å². The number of hydrogen-bond donors (Lipinski definition) is 3. The third-order valence-corrected chi connectivity index (χ3v) is 2.93. The highest BCUT2D eigenvalue weighted by Gasteiger charge is 2.13. The molecule has 5 nitrogen and oxygen atoms in total. The molecule has 19 heavy (non-hydrogen) atoms. The molecule has 0 aliphatic rings. The summed E-state index contributed by atoms with van der Waals surface area (Å²) < 4.78 is 0. The molecule has 2 rings (SSSR count).